The van der Waals surface area contributed by atoms with Gasteiger partial charge in [0.1, 0.15) is 0 Å². The van der Waals surface area contributed by atoms with E-state index in [4.69, 9.17) is 14.0 Å². The maximum Gasteiger partial charge on any atom is 0.640 e. The molecule has 0 radical (unpaired) electrons. The number of rotatable bonds is 2. The summed E-state index contributed by atoms with van der Waals surface area (Å²) in [5.41, 5.74) is -0.200. The van der Waals surface area contributed by atoms with Crippen molar-refractivity contribution >= 4 is 7.32 Å². The molecule has 1 saturated carbocycles. The van der Waals surface area contributed by atoms with E-state index in [9.17, 15) is 0 Å². The van der Waals surface area contributed by atoms with Crippen molar-refractivity contribution in [2.75, 3.05) is 6.61 Å². The van der Waals surface area contributed by atoms with Crippen molar-refractivity contribution in [3.63, 3.8) is 0 Å². The Labute approximate surface area is 119 Å². The lowest BCUT2D eigenvalue weighted by atomic mass is 9.75. The molecule has 2 aliphatic rings. The molecule has 4 heteroatoms. The topological polar surface area (TPSA) is 27.7 Å². The molecule has 2 fully saturated rings. The molecule has 1 aliphatic heterocycles. The molecular weight excluding hydrogens is 239 g/mol. The van der Waals surface area contributed by atoms with E-state index in [1.807, 2.05) is 13.8 Å². The van der Waals surface area contributed by atoms with Crippen molar-refractivity contribution in [2.45, 2.75) is 85.4 Å². The summed E-state index contributed by atoms with van der Waals surface area (Å²) >= 11 is 0. The molecule has 3 nitrogen and oxygen atoms in total. The van der Waals surface area contributed by atoms with Gasteiger partial charge in [0.2, 0.25) is 0 Å². The first-order chi connectivity index (χ1) is 8.74. The van der Waals surface area contributed by atoms with Crippen LogP contribution in [0.15, 0.2) is 0 Å². The van der Waals surface area contributed by atoms with Crippen molar-refractivity contribution in [1.82, 2.24) is 0 Å². The Morgan fingerprint density at radius 2 is 1.42 bits per heavy atom. The largest absolute Gasteiger partial charge is 0.640 e. The van der Waals surface area contributed by atoms with E-state index in [2.05, 4.69) is 27.7 Å². The Hall–Kier alpha value is -0.0551. The summed E-state index contributed by atoms with van der Waals surface area (Å²) in [6.07, 6.45) is 7.62. The third kappa shape index (κ3) is 5.45. The SMILES string of the molecule is C1CCCC1.CC(C)OB1OCC(C)(C)C(C)(C)O1. The predicted octanol–water partition coefficient (Wildman–Crippen LogP) is 4.20. The molecule has 2 rings (SSSR count). The third-order valence-electron chi connectivity index (χ3n) is 4.23. The molecule has 0 bridgehead atoms. The summed E-state index contributed by atoms with van der Waals surface area (Å²) < 4.78 is 16.7. The van der Waals surface area contributed by atoms with E-state index < -0.39 is 7.32 Å². The van der Waals surface area contributed by atoms with Gasteiger partial charge in [0.15, 0.2) is 0 Å². The third-order valence-corrected chi connectivity index (χ3v) is 4.23. The summed E-state index contributed by atoms with van der Waals surface area (Å²) in [4.78, 5) is 0. The summed E-state index contributed by atoms with van der Waals surface area (Å²) in [5, 5.41) is 0. The molecule has 0 amide bonds. The Bertz CT molecular complexity index is 253. The van der Waals surface area contributed by atoms with Crippen LogP contribution < -0.4 is 0 Å². The van der Waals surface area contributed by atoms with Crippen LogP contribution in [0, 0.1) is 5.41 Å². The first-order valence-corrected chi connectivity index (χ1v) is 7.69. The summed E-state index contributed by atoms with van der Waals surface area (Å²) in [6.45, 7) is 13.0. The maximum absolute atomic E-state index is 5.76. The fraction of sp³-hybridized carbons (Fsp3) is 1.00. The van der Waals surface area contributed by atoms with E-state index in [0.29, 0.717) is 6.61 Å². The number of hydrogen-bond donors (Lipinski definition) is 0. The zero-order valence-corrected chi connectivity index (χ0v) is 13.6. The van der Waals surface area contributed by atoms with Crippen molar-refractivity contribution < 1.29 is 14.0 Å². The van der Waals surface area contributed by atoms with Crippen molar-refractivity contribution in [1.29, 1.82) is 0 Å². The average molecular weight is 270 g/mol. The van der Waals surface area contributed by atoms with Gasteiger partial charge in [-0.15, -0.1) is 0 Å². The van der Waals surface area contributed by atoms with Gasteiger partial charge in [-0.2, -0.15) is 0 Å². The molecule has 0 spiro atoms. The predicted molar refractivity (Wildman–Crippen MR) is 80.0 cm³/mol. The van der Waals surface area contributed by atoms with E-state index in [1.165, 1.54) is 32.1 Å². The van der Waals surface area contributed by atoms with Gasteiger partial charge in [-0.05, 0) is 27.7 Å². The van der Waals surface area contributed by atoms with E-state index in [-0.39, 0.29) is 17.1 Å². The molecule has 19 heavy (non-hydrogen) atoms. The van der Waals surface area contributed by atoms with Crippen LogP contribution >= 0.6 is 0 Å². The molecule has 1 heterocycles. The second-order valence-corrected chi connectivity index (χ2v) is 7.06. The van der Waals surface area contributed by atoms with Crippen LogP contribution in [0.5, 0.6) is 0 Å². The van der Waals surface area contributed by atoms with Gasteiger partial charge in [-0.25, -0.2) is 0 Å². The lowest BCUT2D eigenvalue weighted by Gasteiger charge is -2.46. The minimum absolute atomic E-state index is 0.0177. The summed E-state index contributed by atoms with van der Waals surface area (Å²) in [5.74, 6) is 0. The van der Waals surface area contributed by atoms with Gasteiger partial charge < -0.3 is 14.0 Å². The molecule has 0 atom stereocenters. The molecular formula is C15H31BO3. The average Bonchev–Trinajstić information content (AvgIpc) is 2.81. The Kier molecular flexibility index (Phi) is 6.35. The fourth-order valence-electron chi connectivity index (χ4n) is 2.06. The summed E-state index contributed by atoms with van der Waals surface area (Å²) in [6, 6.07) is 0. The van der Waals surface area contributed by atoms with Crippen LogP contribution in [0.25, 0.3) is 0 Å². The zero-order chi connectivity index (χ0) is 14.5. The second kappa shape index (κ2) is 7.10. The maximum atomic E-state index is 5.76. The Morgan fingerprint density at radius 1 is 0.947 bits per heavy atom. The highest BCUT2D eigenvalue weighted by Gasteiger charge is 2.47. The first kappa shape index (κ1) is 17.0. The highest BCUT2D eigenvalue weighted by Crippen LogP contribution is 2.38. The minimum Gasteiger partial charge on any atom is -0.385 e. The van der Waals surface area contributed by atoms with Crippen molar-refractivity contribution in [3.05, 3.63) is 0 Å². The lowest BCUT2D eigenvalue weighted by Crippen LogP contribution is -2.55. The van der Waals surface area contributed by atoms with Gasteiger partial charge in [0, 0.05) is 18.1 Å². The molecule has 0 aromatic carbocycles. The number of hydrogen-bond acceptors (Lipinski definition) is 3. The monoisotopic (exact) mass is 270 g/mol. The van der Waals surface area contributed by atoms with Crippen LogP contribution in [0.2, 0.25) is 0 Å². The molecule has 0 aromatic rings. The lowest BCUT2D eigenvalue weighted by molar-refractivity contribution is -0.129. The minimum atomic E-state index is -0.516. The molecule has 1 saturated heterocycles. The molecule has 0 unspecified atom stereocenters. The van der Waals surface area contributed by atoms with Crippen molar-refractivity contribution in [3.8, 4) is 0 Å². The van der Waals surface area contributed by atoms with Gasteiger partial charge in [-0.3, -0.25) is 0 Å². The van der Waals surface area contributed by atoms with Crippen LogP contribution in [-0.4, -0.2) is 25.6 Å². The normalized spacial score (nSPS) is 25.1. The molecule has 0 N–H and O–H groups in total. The van der Waals surface area contributed by atoms with Gasteiger partial charge in [0.25, 0.3) is 0 Å². The smallest absolute Gasteiger partial charge is 0.385 e. The van der Waals surface area contributed by atoms with Gasteiger partial charge >= 0.3 is 7.32 Å². The quantitative estimate of drug-likeness (QED) is 0.704. The standard InChI is InChI=1S/C10H21BO3.C5H10/c1-8(2)13-11-12-7-9(3,4)10(5,6)14-11;1-2-4-5-3-1/h8H,7H2,1-6H3;1-5H2. The highest BCUT2D eigenvalue weighted by atomic mass is 16.8. The fourth-order valence-corrected chi connectivity index (χ4v) is 2.06. The molecule has 1 aliphatic carbocycles. The van der Waals surface area contributed by atoms with Crippen LogP contribution in [0.4, 0.5) is 0 Å². The van der Waals surface area contributed by atoms with Gasteiger partial charge in [0.05, 0.1) is 5.60 Å². The first-order valence-electron chi connectivity index (χ1n) is 7.69. The van der Waals surface area contributed by atoms with E-state index in [0.717, 1.165) is 0 Å². The van der Waals surface area contributed by atoms with Crippen LogP contribution in [-0.2, 0) is 14.0 Å². The molecule has 0 aromatic heterocycles. The Morgan fingerprint density at radius 3 is 1.79 bits per heavy atom. The van der Waals surface area contributed by atoms with E-state index in [1.54, 1.807) is 0 Å². The Balaban J connectivity index is 0.000000300. The van der Waals surface area contributed by atoms with Crippen molar-refractivity contribution in [2.24, 2.45) is 5.41 Å². The van der Waals surface area contributed by atoms with Crippen LogP contribution in [0.3, 0.4) is 0 Å². The second-order valence-electron chi connectivity index (χ2n) is 7.06. The van der Waals surface area contributed by atoms with Gasteiger partial charge in [-0.1, -0.05) is 46.0 Å². The zero-order valence-electron chi connectivity index (χ0n) is 13.6. The highest BCUT2D eigenvalue weighted by molar-refractivity contribution is 6.36. The molecule has 112 valence electrons. The van der Waals surface area contributed by atoms with E-state index >= 15 is 0 Å². The summed E-state index contributed by atoms with van der Waals surface area (Å²) in [7, 11) is -0.516. The van der Waals surface area contributed by atoms with Crippen LogP contribution in [0.1, 0.15) is 73.6 Å².